The molecule has 1 aliphatic heterocycles. The number of rotatable bonds is 9. The minimum Gasteiger partial charge on any atom is -0.470 e. The van der Waals surface area contributed by atoms with Crippen molar-refractivity contribution < 1.29 is 31.6 Å². The Bertz CT molecular complexity index is 994. The van der Waals surface area contributed by atoms with Crippen LogP contribution < -0.4 is 10.1 Å². The van der Waals surface area contributed by atoms with E-state index < -0.39 is 24.9 Å². The first-order valence-electron chi connectivity index (χ1n) is 12.2. The van der Waals surface area contributed by atoms with Crippen molar-refractivity contribution in [3.8, 4) is 5.19 Å². The minimum atomic E-state index is -4.24. The fraction of sp³-hybridized carbons (Fsp3) is 0.739. The zero-order valence-corrected chi connectivity index (χ0v) is 21.0. The van der Waals surface area contributed by atoms with Crippen molar-refractivity contribution in [2.75, 3.05) is 26.2 Å². The Morgan fingerprint density at radius 1 is 1.25 bits per heavy atom. The van der Waals surface area contributed by atoms with Gasteiger partial charge in [0.1, 0.15) is 5.67 Å². The average Bonchev–Trinajstić information content (AvgIpc) is 3.34. The van der Waals surface area contributed by atoms with E-state index in [0.717, 1.165) is 30.1 Å². The molecule has 0 saturated heterocycles. The molecule has 1 saturated carbocycles. The summed E-state index contributed by atoms with van der Waals surface area (Å²) in [5.41, 5.74) is -0.382. The third-order valence-electron chi connectivity index (χ3n) is 6.70. The van der Waals surface area contributed by atoms with Gasteiger partial charge in [0.15, 0.2) is 5.82 Å². The third kappa shape index (κ3) is 7.86. The molecule has 1 aliphatic carbocycles. The van der Waals surface area contributed by atoms with Crippen LogP contribution in [0.3, 0.4) is 0 Å². The van der Waals surface area contributed by atoms with Gasteiger partial charge in [-0.1, -0.05) is 16.5 Å². The number of alkyl halides is 4. The number of thiazole rings is 1. The summed E-state index contributed by atoms with van der Waals surface area (Å²) >= 11 is 1.30. The second kappa shape index (κ2) is 11.4. The molecule has 0 bridgehead atoms. The molecule has 2 aliphatic rings. The summed E-state index contributed by atoms with van der Waals surface area (Å²) in [7, 11) is 0. The van der Waals surface area contributed by atoms with E-state index in [-0.39, 0.29) is 23.6 Å². The number of aromatic nitrogens is 3. The lowest BCUT2D eigenvalue weighted by Gasteiger charge is -2.35. The number of hydrogen-bond donors (Lipinski definition) is 1. The lowest BCUT2D eigenvalue weighted by Crippen LogP contribution is -2.43. The van der Waals surface area contributed by atoms with Gasteiger partial charge in [0.2, 0.25) is 11.8 Å². The number of carbonyl (C=O) groups is 1. The van der Waals surface area contributed by atoms with Crippen LogP contribution in [0.4, 0.5) is 17.6 Å². The molecule has 0 radical (unpaired) electrons. The maximum absolute atomic E-state index is 15.5. The molecule has 0 unspecified atom stereocenters. The van der Waals surface area contributed by atoms with E-state index in [0.29, 0.717) is 56.8 Å². The molecule has 0 spiro atoms. The van der Waals surface area contributed by atoms with Crippen molar-refractivity contribution in [1.29, 1.82) is 0 Å². The predicted octanol–water partition coefficient (Wildman–Crippen LogP) is 3.97. The summed E-state index contributed by atoms with van der Waals surface area (Å²) in [5.74, 6) is 0.562. The van der Waals surface area contributed by atoms with Crippen LogP contribution in [0.5, 0.6) is 5.19 Å². The lowest BCUT2D eigenvalue weighted by atomic mass is 9.81. The molecule has 0 aromatic carbocycles. The molecule has 4 rings (SSSR count). The number of halogens is 4. The maximum atomic E-state index is 15.5. The van der Waals surface area contributed by atoms with Crippen LogP contribution in [0, 0.1) is 6.92 Å². The summed E-state index contributed by atoms with van der Waals surface area (Å²) in [6, 6.07) is -0.0535. The van der Waals surface area contributed by atoms with Gasteiger partial charge in [0.25, 0.3) is 5.19 Å². The zero-order valence-electron chi connectivity index (χ0n) is 20.2. The van der Waals surface area contributed by atoms with Crippen LogP contribution >= 0.6 is 11.3 Å². The average molecular weight is 534 g/mol. The van der Waals surface area contributed by atoms with E-state index in [1.807, 2.05) is 0 Å². The molecule has 13 heteroatoms. The highest BCUT2D eigenvalue weighted by Gasteiger charge is 2.36. The third-order valence-corrected chi connectivity index (χ3v) is 7.77. The molecular formula is C23H31F4N5O3S. The number of hydrogen-bond acceptors (Lipinski definition) is 8. The summed E-state index contributed by atoms with van der Waals surface area (Å²) in [4.78, 5) is 23.9. The van der Waals surface area contributed by atoms with E-state index >= 15 is 4.39 Å². The lowest BCUT2D eigenvalue weighted by molar-refractivity contribution is -0.139. The smallest absolute Gasteiger partial charge is 0.392 e. The highest BCUT2D eigenvalue weighted by atomic mass is 32.1. The maximum Gasteiger partial charge on any atom is 0.392 e. The molecule has 36 heavy (non-hydrogen) atoms. The number of fused-ring (bicyclic) bond motifs is 1. The van der Waals surface area contributed by atoms with Crippen LogP contribution in [0.15, 0.2) is 4.52 Å². The number of nitrogens with zero attached hydrogens (tertiary/aromatic N) is 4. The quantitative estimate of drug-likeness (QED) is 0.488. The number of aryl methyl sites for hydroxylation is 1. The topological polar surface area (TPSA) is 93.4 Å². The first-order chi connectivity index (χ1) is 17.1. The molecule has 1 amide bonds. The van der Waals surface area contributed by atoms with Gasteiger partial charge in [0.05, 0.1) is 25.1 Å². The van der Waals surface area contributed by atoms with Crippen LogP contribution in [0.25, 0.3) is 0 Å². The largest absolute Gasteiger partial charge is 0.470 e. The summed E-state index contributed by atoms with van der Waals surface area (Å²) < 4.78 is 62.5. The summed E-state index contributed by atoms with van der Waals surface area (Å²) in [6.45, 7) is 3.35. The molecule has 1 fully saturated rings. The zero-order chi connectivity index (χ0) is 25.8. The molecule has 3 heterocycles. The van der Waals surface area contributed by atoms with Crippen LogP contribution in [-0.2, 0) is 24.1 Å². The van der Waals surface area contributed by atoms with E-state index in [2.05, 4.69) is 25.3 Å². The monoisotopic (exact) mass is 533 g/mol. The van der Waals surface area contributed by atoms with Crippen LogP contribution in [0.1, 0.15) is 60.8 Å². The second-order valence-electron chi connectivity index (χ2n) is 9.55. The number of carbonyl (C=O) groups excluding carboxylic acids is 1. The Labute approximate surface area is 210 Å². The molecule has 0 atom stereocenters. The van der Waals surface area contributed by atoms with Gasteiger partial charge in [-0.15, -0.1) is 0 Å². The van der Waals surface area contributed by atoms with Gasteiger partial charge in [-0.05, 0) is 38.5 Å². The van der Waals surface area contributed by atoms with Gasteiger partial charge in [-0.2, -0.15) is 18.2 Å². The normalized spacial score (nSPS) is 23.2. The van der Waals surface area contributed by atoms with Gasteiger partial charge >= 0.3 is 6.18 Å². The Hall–Kier alpha value is -2.28. The van der Waals surface area contributed by atoms with Gasteiger partial charge in [0, 0.05) is 43.9 Å². The van der Waals surface area contributed by atoms with Gasteiger partial charge in [-0.3, -0.25) is 4.79 Å². The summed E-state index contributed by atoms with van der Waals surface area (Å²) in [5, 5.41) is 6.96. The number of amides is 1. The fourth-order valence-corrected chi connectivity index (χ4v) is 5.62. The molecular weight excluding hydrogens is 502 g/mol. The Morgan fingerprint density at radius 3 is 2.69 bits per heavy atom. The first kappa shape index (κ1) is 26.8. The van der Waals surface area contributed by atoms with Crippen molar-refractivity contribution >= 4 is 17.2 Å². The van der Waals surface area contributed by atoms with Crippen LogP contribution in [0.2, 0.25) is 0 Å². The molecule has 2 aromatic heterocycles. The van der Waals surface area contributed by atoms with Gasteiger partial charge < -0.3 is 19.5 Å². The molecule has 2 aromatic rings. The van der Waals surface area contributed by atoms with E-state index in [1.54, 1.807) is 6.92 Å². The highest BCUT2D eigenvalue weighted by molar-refractivity contribution is 7.13. The molecule has 200 valence electrons. The molecule has 1 N–H and O–H groups in total. The van der Waals surface area contributed by atoms with Gasteiger partial charge in [-0.25, -0.2) is 9.37 Å². The van der Waals surface area contributed by atoms with Crippen molar-refractivity contribution in [2.24, 2.45) is 0 Å². The van der Waals surface area contributed by atoms with E-state index in [4.69, 9.17) is 9.26 Å². The highest BCUT2D eigenvalue weighted by Crippen LogP contribution is 2.36. The number of nitrogens with one attached hydrogen (secondary N) is 1. The van der Waals surface area contributed by atoms with Crippen molar-refractivity contribution in [1.82, 2.24) is 25.3 Å². The second-order valence-corrected chi connectivity index (χ2v) is 10.6. The standard InChI is InChI=1S/C23H31F4N5O3S/c1-15-28-19(31-35-15)14-20(33)29-16-2-6-22(24,7-3-16)8-12-32-10-4-17-18(5-11-32)36-21(30-17)34-13-9-23(25,26)27/h16H,2-14H2,1H3,(H,29,33)/t16-,22+. The Balaban J connectivity index is 1.16. The minimum absolute atomic E-state index is 0.0467. The van der Waals surface area contributed by atoms with Crippen LogP contribution in [-0.4, -0.2) is 70.1 Å². The van der Waals surface area contributed by atoms with Crippen molar-refractivity contribution in [2.45, 2.75) is 82.6 Å². The summed E-state index contributed by atoms with van der Waals surface area (Å²) in [6.07, 6.45) is -1.38. The van der Waals surface area contributed by atoms with E-state index in [9.17, 15) is 18.0 Å². The SMILES string of the molecule is Cc1nc(CC(=O)N[C@H]2CC[C@](F)(CCN3CCc4nc(OCCC(F)(F)F)sc4CC3)CC2)no1. The fourth-order valence-electron chi connectivity index (χ4n) is 4.65. The number of ether oxygens (including phenoxy) is 1. The Kier molecular flexibility index (Phi) is 8.48. The van der Waals surface area contributed by atoms with Crippen molar-refractivity contribution in [3.63, 3.8) is 0 Å². The first-order valence-corrected chi connectivity index (χ1v) is 13.1. The van der Waals surface area contributed by atoms with E-state index in [1.165, 1.54) is 11.3 Å². The Morgan fingerprint density at radius 2 is 2.00 bits per heavy atom. The predicted molar refractivity (Wildman–Crippen MR) is 124 cm³/mol. The molecule has 8 nitrogen and oxygen atoms in total. The van der Waals surface area contributed by atoms with Crippen molar-refractivity contribution in [3.05, 3.63) is 22.3 Å².